The molecule has 0 N–H and O–H groups in total. The van der Waals surface area contributed by atoms with E-state index in [-0.39, 0.29) is 17.2 Å². The number of aromatic nitrogens is 2. The van der Waals surface area contributed by atoms with Crippen molar-refractivity contribution in [1.29, 1.82) is 0 Å². The van der Waals surface area contributed by atoms with Gasteiger partial charge in [0.1, 0.15) is 5.82 Å². The summed E-state index contributed by atoms with van der Waals surface area (Å²) in [5, 5.41) is 4.89. The Morgan fingerprint density at radius 2 is 1.89 bits per heavy atom. The van der Waals surface area contributed by atoms with E-state index in [2.05, 4.69) is 26.0 Å². The van der Waals surface area contributed by atoms with Gasteiger partial charge in [0.05, 0.1) is 23.3 Å². The number of rotatable bonds is 3. The van der Waals surface area contributed by atoms with Crippen LogP contribution >= 0.6 is 15.9 Å². The molecule has 142 valence electrons. The lowest BCUT2D eigenvalue weighted by molar-refractivity contribution is -0.112. The van der Waals surface area contributed by atoms with Gasteiger partial charge < -0.3 is 0 Å². The molecule has 0 unspecified atom stereocenters. The maximum absolute atomic E-state index is 13.1. The van der Waals surface area contributed by atoms with Crippen LogP contribution in [0.15, 0.2) is 56.8 Å². The van der Waals surface area contributed by atoms with Crippen LogP contribution in [-0.2, 0) is 4.79 Å². The normalized spacial score (nSPS) is 15.1. The first-order valence-corrected chi connectivity index (χ1v) is 9.50. The van der Waals surface area contributed by atoms with Crippen molar-refractivity contribution in [1.82, 2.24) is 14.6 Å². The minimum Gasteiger partial charge on any atom is -0.293 e. The number of carbonyl (C=O) groups excluding carboxylic acids is 1. The first-order valence-electron chi connectivity index (χ1n) is 8.70. The van der Waals surface area contributed by atoms with Crippen LogP contribution in [0, 0.1) is 6.92 Å². The summed E-state index contributed by atoms with van der Waals surface area (Å²) in [6, 6.07) is 12.8. The van der Waals surface area contributed by atoms with E-state index in [0.29, 0.717) is 29.0 Å². The van der Waals surface area contributed by atoms with Gasteiger partial charge >= 0.3 is 0 Å². The Balaban J connectivity index is 1.92. The molecule has 0 radical (unpaired) electrons. The monoisotopic (exact) mass is 439 g/mol. The molecule has 1 aliphatic heterocycles. The second-order valence-corrected chi connectivity index (χ2v) is 7.77. The zero-order valence-corrected chi connectivity index (χ0v) is 17.3. The number of hydrogen-bond donors (Lipinski definition) is 0. The van der Waals surface area contributed by atoms with Crippen LogP contribution in [0.25, 0.3) is 10.9 Å². The topological polar surface area (TPSA) is 70.8 Å². The molecular weight excluding hydrogens is 422 g/mol. The molecule has 0 saturated heterocycles. The maximum atomic E-state index is 13.1. The molecule has 0 saturated carbocycles. The van der Waals surface area contributed by atoms with E-state index >= 15 is 0 Å². The Morgan fingerprint density at radius 3 is 2.64 bits per heavy atom. The van der Waals surface area contributed by atoms with Crippen LogP contribution in [0.4, 0.5) is 5.69 Å². The number of carbonyl (C=O) groups is 1. The highest BCUT2D eigenvalue weighted by molar-refractivity contribution is 9.10. The van der Waals surface area contributed by atoms with Crippen LogP contribution in [0.3, 0.4) is 0 Å². The fraction of sp³-hybridized carbons (Fsp3) is 0.200. The van der Waals surface area contributed by atoms with Crippen LogP contribution in [0.1, 0.15) is 11.4 Å². The summed E-state index contributed by atoms with van der Waals surface area (Å²) in [4.78, 5) is 34.1. The summed E-state index contributed by atoms with van der Waals surface area (Å²) in [7, 11) is 3.79. The Morgan fingerprint density at radius 1 is 1.14 bits per heavy atom. The number of hydrogen-bond acceptors (Lipinski definition) is 5. The van der Waals surface area contributed by atoms with Gasteiger partial charge in [-0.2, -0.15) is 9.78 Å². The lowest BCUT2D eigenvalue weighted by Crippen LogP contribution is -2.38. The molecule has 0 aliphatic carbocycles. The molecule has 7 nitrogen and oxygen atoms in total. The molecule has 1 aliphatic rings. The largest absolute Gasteiger partial charge is 0.293 e. The molecular formula is C20H18BrN5O2. The molecule has 8 heteroatoms. The standard InChI is InChI=1S/C20H18BrN5O2/c1-12-22-16-9-8-13(21)10-15(16)19(27)26(12)23-18-14-6-4-5-7-17(14)25(20(18)28)11-24(2)3/h4-10H,11H2,1-3H3/b23-18+. The summed E-state index contributed by atoms with van der Waals surface area (Å²) in [6.07, 6.45) is 0. The predicted molar refractivity (Wildman–Crippen MR) is 113 cm³/mol. The van der Waals surface area contributed by atoms with E-state index < -0.39 is 0 Å². The Kier molecular flexibility index (Phi) is 4.60. The van der Waals surface area contributed by atoms with Gasteiger partial charge in [-0.3, -0.25) is 19.4 Å². The van der Waals surface area contributed by atoms with Gasteiger partial charge in [-0.1, -0.05) is 34.1 Å². The van der Waals surface area contributed by atoms with Crippen molar-refractivity contribution in [2.45, 2.75) is 6.92 Å². The van der Waals surface area contributed by atoms with Crippen molar-refractivity contribution in [3.63, 3.8) is 0 Å². The molecule has 2 aromatic carbocycles. The van der Waals surface area contributed by atoms with Gasteiger partial charge in [-0.05, 0) is 45.3 Å². The molecule has 2 heterocycles. The number of aryl methyl sites for hydroxylation is 1. The van der Waals surface area contributed by atoms with Gasteiger partial charge in [0, 0.05) is 10.0 Å². The number of fused-ring (bicyclic) bond motifs is 2. The molecule has 1 amide bonds. The van der Waals surface area contributed by atoms with Crippen LogP contribution in [0.5, 0.6) is 0 Å². The number of halogens is 1. The number of amides is 1. The Hall–Kier alpha value is -2.84. The third-order valence-corrected chi connectivity index (χ3v) is 4.99. The molecule has 0 fully saturated rings. The van der Waals surface area contributed by atoms with Crippen molar-refractivity contribution in [3.8, 4) is 0 Å². The summed E-state index contributed by atoms with van der Waals surface area (Å²) in [5.41, 5.74) is 2.00. The quantitative estimate of drug-likeness (QED) is 0.628. The second-order valence-electron chi connectivity index (χ2n) is 6.86. The first-order chi connectivity index (χ1) is 13.4. The molecule has 4 rings (SSSR count). The number of nitrogens with zero attached hydrogens (tertiary/aromatic N) is 5. The number of benzene rings is 2. The molecule has 0 bridgehead atoms. The van der Waals surface area contributed by atoms with Crippen LogP contribution in [-0.4, -0.2) is 46.9 Å². The van der Waals surface area contributed by atoms with Gasteiger partial charge in [-0.25, -0.2) is 4.98 Å². The van der Waals surface area contributed by atoms with Crippen molar-refractivity contribution < 1.29 is 4.79 Å². The summed E-state index contributed by atoms with van der Waals surface area (Å²) >= 11 is 3.38. The lowest BCUT2D eigenvalue weighted by Gasteiger charge is -2.21. The smallest absolute Gasteiger partial charge is 0.282 e. The minimum atomic E-state index is -0.312. The summed E-state index contributed by atoms with van der Waals surface area (Å²) in [6.45, 7) is 2.13. The first kappa shape index (κ1) is 18.5. The average Bonchev–Trinajstić information content (AvgIpc) is 2.91. The zero-order chi connectivity index (χ0) is 20.0. The van der Waals surface area contributed by atoms with E-state index in [1.807, 2.05) is 49.3 Å². The number of anilines is 1. The highest BCUT2D eigenvalue weighted by Crippen LogP contribution is 2.29. The van der Waals surface area contributed by atoms with Crippen LogP contribution in [0.2, 0.25) is 0 Å². The maximum Gasteiger partial charge on any atom is 0.282 e. The van der Waals surface area contributed by atoms with Crippen molar-refractivity contribution in [3.05, 3.63) is 68.7 Å². The van der Waals surface area contributed by atoms with Crippen molar-refractivity contribution >= 4 is 44.1 Å². The lowest BCUT2D eigenvalue weighted by atomic mass is 10.1. The SMILES string of the molecule is Cc1nc2ccc(Br)cc2c(=O)n1/N=C1/C(=O)N(CN(C)C)c2ccccc21. The molecule has 0 atom stereocenters. The highest BCUT2D eigenvalue weighted by Gasteiger charge is 2.34. The fourth-order valence-electron chi connectivity index (χ4n) is 3.26. The van der Waals surface area contributed by atoms with E-state index in [1.54, 1.807) is 24.0 Å². The van der Waals surface area contributed by atoms with Gasteiger partial charge in [0.25, 0.3) is 11.5 Å². The van der Waals surface area contributed by atoms with E-state index in [1.165, 1.54) is 4.68 Å². The third-order valence-electron chi connectivity index (χ3n) is 4.49. The fourth-order valence-corrected chi connectivity index (χ4v) is 3.62. The molecule has 28 heavy (non-hydrogen) atoms. The number of para-hydroxylation sites is 1. The minimum absolute atomic E-state index is 0.235. The molecule has 3 aromatic rings. The zero-order valence-electron chi connectivity index (χ0n) is 15.7. The summed E-state index contributed by atoms with van der Waals surface area (Å²) in [5.74, 6) is 0.180. The Bertz CT molecular complexity index is 1200. The average molecular weight is 440 g/mol. The third kappa shape index (κ3) is 3.04. The molecule has 0 spiro atoms. The van der Waals surface area contributed by atoms with Gasteiger partial charge in [0.2, 0.25) is 0 Å². The Labute approximate surface area is 170 Å². The highest BCUT2D eigenvalue weighted by atomic mass is 79.9. The van der Waals surface area contributed by atoms with Gasteiger partial charge in [-0.15, -0.1) is 0 Å². The van der Waals surface area contributed by atoms with E-state index in [4.69, 9.17) is 0 Å². The van der Waals surface area contributed by atoms with E-state index in [9.17, 15) is 9.59 Å². The van der Waals surface area contributed by atoms with Gasteiger partial charge in [0.15, 0.2) is 5.71 Å². The van der Waals surface area contributed by atoms with Crippen molar-refractivity contribution in [2.24, 2.45) is 5.10 Å². The van der Waals surface area contributed by atoms with Crippen LogP contribution < -0.4 is 10.5 Å². The van der Waals surface area contributed by atoms with Crippen molar-refractivity contribution in [2.75, 3.05) is 25.7 Å². The second kappa shape index (κ2) is 6.96. The predicted octanol–water partition coefficient (Wildman–Crippen LogP) is 2.59. The molecule has 1 aromatic heterocycles. The summed E-state index contributed by atoms with van der Waals surface area (Å²) < 4.78 is 1.99. The van der Waals surface area contributed by atoms with E-state index in [0.717, 1.165) is 10.2 Å².